The predicted molar refractivity (Wildman–Crippen MR) is 124 cm³/mol. The lowest BCUT2D eigenvalue weighted by atomic mass is 10.0. The molecule has 0 amide bonds. The smallest absolute Gasteiger partial charge is 0.328 e. The third-order valence-corrected chi connectivity index (χ3v) is 6.54. The Hall–Kier alpha value is -3.04. The number of fused-ring (bicyclic) bond motifs is 1. The van der Waals surface area contributed by atoms with Gasteiger partial charge in [-0.25, -0.2) is 27.9 Å². The highest BCUT2D eigenvalue weighted by Gasteiger charge is 2.24. The molecule has 0 bridgehead atoms. The van der Waals surface area contributed by atoms with E-state index in [4.69, 9.17) is 4.74 Å². The van der Waals surface area contributed by atoms with Crippen LogP contribution >= 0.6 is 0 Å². The minimum absolute atomic E-state index is 0.0516. The summed E-state index contributed by atoms with van der Waals surface area (Å²) in [6.45, 7) is 5.71. The average Bonchev–Trinajstić information content (AvgIpc) is 2.80. The summed E-state index contributed by atoms with van der Waals surface area (Å²) in [5.41, 5.74) is 1.70. The van der Waals surface area contributed by atoms with Gasteiger partial charge in [-0.15, -0.1) is 0 Å². The van der Waals surface area contributed by atoms with E-state index in [1.54, 1.807) is 24.3 Å². The van der Waals surface area contributed by atoms with Crippen molar-refractivity contribution in [3.05, 3.63) is 59.9 Å². The number of benzene rings is 2. The van der Waals surface area contributed by atoms with Gasteiger partial charge < -0.3 is 10.1 Å². The molecule has 0 aliphatic heterocycles. The zero-order chi connectivity index (χ0) is 23.3. The van der Waals surface area contributed by atoms with Gasteiger partial charge in [-0.05, 0) is 42.2 Å². The van der Waals surface area contributed by atoms with Crippen LogP contribution < -0.4 is 10.0 Å². The molecule has 32 heavy (non-hydrogen) atoms. The molecule has 9 heteroatoms. The second kappa shape index (κ2) is 10.1. The molecule has 3 rings (SSSR count). The molecule has 0 saturated heterocycles. The molecule has 1 heterocycles. The van der Waals surface area contributed by atoms with E-state index in [1.807, 2.05) is 45.0 Å². The van der Waals surface area contributed by atoms with Crippen LogP contribution in [-0.4, -0.2) is 37.5 Å². The number of methoxy groups -OCH3 is 1. The average molecular weight is 457 g/mol. The van der Waals surface area contributed by atoms with Crippen LogP contribution in [0.4, 0.5) is 5.82 Å². The quantitative estimate of drug-likeness (QED) is 0.476. The fourth-order valence-corrected chi connectivity index (χ4v) is 4.21. The number of ether oxygens (including phenoxy) is 1. The van der Waals surface area contributed by atoms with Crippen molar-refractivity contribution in [1.82, 2.24) is 14.7 Å². The molecule has 0 spiro atoms. The maximum atomic E-state index is 12.7. The van der Waals surface area contributed by atoms with Gasteiger partial charge >= 0.3 is 5.97 Å². The van der Waals surface area contributed by atoms with Gasteiger partial charge in [0.05, 0.1) is 24.1 Å². The summed E-state index contributed by atoms with van der Waals surface area (Å²) in [6, 6.07) is 13.5. The molecule has 8 nitrogen and oxygen atoms in total. The van der Waals surface area contributed by atoms with Gasteiger partial charge in [0.1, 0.15) is 17.7 Å². The van der Waals surface area contributed by atoms with Gasteiger partial charge in [0, 0.05) is 5.39 Å². The Morgan fingerprint density at radius 3 is 2.38 bits per heavy atom. The predicted octanol–water partition coefficient (Wildman–Crippen LogP) is 3.28. The fraction of sp³-hybridized carbons (Fsp3) is 0.348. The molecule has 2 N–H and O–H groups in total. The third kappa shape index (κ3) is 5.41. The SMILES string of the molecule is CCc1ccc(S(=O)(=O)NCc2nc(N[C@H](C(=O)OC)C(C)C)c3ccccc3n2)cc1. The largest absolute Gasteiger partial charge is 0.467 e. The first kappa shape index (κ1) is 23.6. The number of para-hydroxylation sites is 1. The molecule has 1 aromatic heterocycles. The van der Waals surface area contributed by atoms with Gasteiger partial charge in [0.25, 0.3) is 0 Å². The fourth-order valence-electron chi connectivity index (χ4n) is 3.23. The molecule has 0 unspecified atom stereocenters. The number of esters is 1. The van der Waals surface area contributed by atoms with Gasteiger partial charge in [-0.2, -0.15) is 0 Å². The van der Waals surface area contributed by atoms with E-state index >= 15 is 0 Å². The number of hydrogen-bond acceptors (Lipinski definition) is 7. The van der Waals surface area contributed by atoms with E-state index in [0.717, 1.165) is 17.4 Å². The van der Waals surface area contributed by atoms with Crippen LogP contribution in [0, 0.1) is 5.92 Å². The molecular formula is C23H28N4O4S. The Morgan fingerprint density at radius 1 is 1.06 bits per heavy atom. The summed E-state index contributed by atoms with van der Waals surface area (Å²) in [7, 11) is -2.39. The minimum atomic E-state index is -3.73. The first-order valence-electron chi connectivity index (χ1n) is 10.4. The number of nitrogens with zero attached hydrogens (tertiary/aromatic N) is 2. The van der Waals surface area contributed by atoms with E-state index in [-0.39, 0.29) is 23.2 Å². The number of rotatable bonds is 9. The lowest BCUT2D eigenvalue weighted by Gasteiger charge is -2.21. The van der Waals surface area contributed by atoms with Crippen molar-refractivity contribution < 1.29 is 17.9 Å². The topological polar surface area (TPSA) is 110 Å². The molecule has 1 atom stereocenters. The van der Waals surface area contributed by atoms with E-state index in [1.165, 1.54) is 7.11 Å². The Balaban J connectivity index is 1.89. The van der Waals surface area contributed by atoms with E-state index in [2.05, 4.69) is 20.0 Å². The summed E-state index contributed by atoms with van der Waals surface area (Å²) < 4.78 is 32.9. The van der Waals surface area contributed by atoms with E-state index in [0.29, 0.717) is 11.3 Å². The maximum Gasteiger partial charge on any atom is 0.328 e. The van der Waals surface area contributed by atoms with Crippen molar-refractivity contribution >= 4 is 32.7 Å². The van der Waals surface area contributed by atoms with Crippen LogP contribution in [-0.2, 0) is 32.5 Å². The maximum absolute atomic E-state index is 12.7. The number of aryl methyl sites for hydroxylation is 1. The van der Waals surface area contributed by atoms with Gasteiger partial charge in [-0.3, -0.25) is 0 Å². The van der Waals surface area contributed by atoms with E-state index < -0.39 is 22.0 Å². The van der Waals surface area contributed by atoms with E-state index in [9.17, 15) is 13.2 Å². The number of hydrogen-bond donors (Lipinski definition) is 2. The highest BCUT2D eigenvalue weighted by atomic mass is 32.2. The van der Waals surface area contributed by atoms with Crippen LogP contribution in [0.25, 0.3) is 10.9 Å². The molecule has 3 aromatic rings. The molecule has 170 valence electrons. The lowest BCUT2D eigenvalue weighted by Crippen LogP contribution is -2.36. The van der Waals surface area contributed by atoms with Crippen LogP contribution in [0.15, 0.2) is 53.4 Å². The summed E-state index contributed by atoms with van der Waals surface area (Å²) in [6.07, 6.45) is 0.831. The molecule has 2 aromatic carbocycles. The summed E-state index contributed by atoms with van der Waals surface area (Å²) in [4.78, 5) is 21.4. The normalized spacial score (nSPS) is 12.7. The van der Waals surface area contributed by atoms with Crippen LogP contribution in [0.2, 0.25) is 0 Å². The van der Waals surface area contributed by atoms with Crippen LogP contribution in [0.1, 0.15) is 32.2 Å². The summed E-state index contributed by atoms with van der Waals surface area (Å²) >= 11 is 0. The highest BCUT2D eigenvalue weighted by Crippen LogP contribution is 2.23. The number of anilines is 1. The van der Waals surface area contributed by atoms with Crippen LogP contribution in [0.5, 0.6) is 0 Å². The van der Waals surface area contributed by atoms with Gasteiger partial charge in [0.15, 0.2) is 0 Å². The Kier molecular flexibility index (Phi) is 7.42. The van der Waals surface area contributed by atoms with Crippen molar-refractivity contribution in [3.8, 4) is 0 Å². The first-order chi connectivity index (χ1) is 15.2. The monoisotopic (exact) mass is 456 g/mol. The first-order valence-corrected chi connectivity index (χ1v) is 11.9. The number of nitrogens with one attached hydrogen (secondary N) is 2. The highest BCUT2D eigenvalue weighted by molar-refractivity contribution is 7.89. The van der Waals surface area contributed by atoms with Crippen molar-refractivity contribution in [2.45, 2.75) is 44.7 Å². The van der Waals surface area contributed by atoms with Crippen molar-refractivity contribution in [3.63, 3.8) is 0 Å². The molecule has 0 fully saturated rings. The lowest BCUT2D eigenvalue weighted by molar-refractivity contribution is -0.142. The van der Waals surface area contributed by atoms with Crippen molar-refractivity contribution in [2.24, 2.45) is 5.92 Å². The number of aromatic nitrogens is 2. The summed E-state index contributed by atoms with van der Waals surface area (Å²) in [5.74, 6) is 0.276. The number of carbonyl (C=O) groups excluding carboxylic acids is 1. The number of sulfonamides is 1. The zero-order valence-electron chi connectivity index (χ0n) is 18.6. The standard InChI is InChI=1S/C23H28N4O4S/c1-5-16-10-12-17(13-11-16)32(29,30)24-14-20-25-19-9-7-6-8-18(19)22(26-20)27-21(15(2)3)23(28)31-4/h6-13,15,21,24H,5,14H2,1-4H3,(H,25,26,27)/t21-/m0/s1. The Bertz CT molecular complexity index is 1190. The zero-order valence-corrected chi connectivity index (χ0v) is 19.4. The second-order valence-corrected chi connectivity index (χ2v) is 9.48. The second-order valence-electron chi connectivity index (χ2n) is 7.72. The third-order valence-electron chi connectivity index (χ3n) is 5.13. The Morgan fingerprint density at radius 2 is 1.75 bits per heavy atom. The van der Waals surface area contributed by atoms with Gasteiger partial charge in [-0.1, -0.05) is 45.0 Å². The molecule has 0 saturated carbocycles. The van der Waals surface area contributed by atoms with Crippen LogP contribution in [0.3, 0.4) is 0 Å². The number of carbonyl (C=O) groups is 1. The van der Waals surface area contributed by atoms with Crippen molar-refractivity contribution in [2.75, 3.05) is 12.4 Å². The Labute approximate surface area is 188 Å². The molecular weight excluding hydrogens is 428 g/mol. The molecule has 0 aliphatic carbocycles. The molecule has 0 aliphatic rings. The van der Waals surface area contributed by atoms with Gasteiger partial charge in [0.2, 0.25) is 10.0 Å². The minimum Gasteiger partial charge on any atom is -0.467 e. The molecule has 0 radical (unpaired) electrons. The summed E-state index contributed by atoms with van der Waals surface area (Å²) in [5, 5.41) is 3.88. The van der Waals surface area contributed by atoms with Crippen molar-refractivity contribution in [1.29, 1.82) is 0 Å².